The first kappa shape index (κ1) is 20.0. The molecule has 0 amide bonds. The number of allylic oxidation sites excluding steroid dienone is 2. The zero-order valence-electron chi connectivity index (χ0n) is 17.4. The smallest absolute Gasteiger partial charge is 0.271 e. The summed E-state index contributed by atoms with van der Waals surface area (Å²) in [7, 11) is 3.98. The Hall–Kier alpha value is -3.25. The van der Waals surface area contributed by atoms with Crippen molar-refractivity contribution in [2.24, 2.45) is 4.99 Å². The first-order chi connectivity index (χ1) is 14.4. The number of benzene rings is 2. The molecule has 0 aliphatic carbocycles. The van der Waals surface area contributed by atoms with Crippen LogP contribution in [0.1, 0.15) is 31.0 Å². The van der Waals surface area contributed by atoms with Gasteiger partial charge in [0.05, 0.1) is 10.6 Å². The minimum Gasteiger partial charge on any atom is -0.378 e. The van der Waals surface area contributed by atoms with Gasteiger partial charge in [-0.05, 0) is 43.2 Å². The Bertz CT molecular complexity index is 1310. The number of nitrogens with zero attached hydrogens (tertiary/aromatic N) is 3. The molecule has 0 spiro atoms. The summed E-state index contributed by atoms with van der Waals surface area (Å²) in [4.78, 5) is 33.1. The number of aromatic nitrogens is 1. The minimum atomic E-state index is -0.460. The van der Waals surface area contributed by atoms with Gasteiger partial charge in [0, 0.05) is 31.1 Å². The number of hydrogen-bond donors (Lipinski definition) is 0. The summed E-state index contributed by atoms with van der Waals surface area (Å²) in [5.41, 5.74) is 4.05. The molecule has 5 nitrogen and oxygen atoms in total. The van der Waals surface area contributed by atoms with Gasteiger partial charge in [-0.25, -0.2) is 4.99 Å². The molecular formula is C24H23N3O2S. The maximum absolute atomic E-state index is 13.4. The molecule has 3 aromatic rings. The maximum Gasteiger partial charge on any atom is 0.271 e. The van der Waals surface area contributed by atoms with Crippen molar-refractivity contribution in [3.05, 3.63) is 96.7 Å². The fourth-order valence-corrected chi connectivity index (χ4v) is 4.79. The second-order valence-corrected chi connectivity index (χ2v) is 8.54. The number of hydrogen-bond acceptors (Lipinski definition) is 5. The highest BCUT2D eigenvalue weighted by atomic mass is 32.1. The van der Waals surface area contributed by atoms with Gasteiger partial charge in [-0.15, -0.1) is 0 Å². The molecule has 2 aromatic carbocycles. The molecule has 6 heteroatoms. The average molecular weight is 418 g/mol. The van der Waals surface area contributed by atoms with Gasteiger partial charge < -0.3 is 4.90 Å². The number of thiazole rings is 1. The normalized spacial score (nSPS) is 16.3. The number of rotatable bonds is 4. The molecule has 2 heterocycles. The lowest BCUT2D eigenvalue weighted by molar-refractivity contribution is -0.114. The third-order valence-electron chi connectivity index (χ3n) is 5.22. The van der Waals surface area contributed by atoms with E-state index in [1.54, 1.807) is 4.57 Å². The van der Waals surface area contributed by atoms with Crippen LogP contribution in [0.25, 0.3) is 6.08 Å². The largest absolute Gasteiger partial charge is 0.378 e. The molecule has 0 fully saturated rings. The molecule has 1 atom stereocenters. The Morgan fingerprint density at radius 2 is 1.77 bits per heavy atom. The molecular weight excluding hydrogens is 394 g/mol. The fourth-order valence-electron chi connectivity index (χ4n) is 3.74. The number of Topliss-reactive ketones (excluding diaryl/α,β-unsaturated/α-hetero) is 1. The Balaban J connectivity index is 1.91. The van der Waals surface area contributed by atoms with Gasteiger partial charge in [0.15, 0.2) is 10.6 Å². The monoisotopic (exact) mass is 417 g/mol. The highest BCUT2D eigenvalue weighted by Crippen LogP contribution is 2.29. The van der Waals surface area contributed by atoms with Gasteiger partial charge in [0.25, 0.3) is 5.56 Å². The molecule has 30 heavy (non-hydrogen) atoms. The molecule has 1 aliphatic heterocycles. The first-order valence-electron chi connectivity index (χ1n) is 9.72. The van der Waals surface area contributed by atoms with E-state index < -0.39 is 6.04 Å². The summed E-state index contributed by atoms with van der Waals surface area (Å²) >= 11 is 1.36. The van der Waals surface area contributed by atoms with Crippen LogP contribution in [-0.4, -0.2) is 24.4 Å². The molecule has 0 radical (unpaired) electrons. The average Bonchev–Trinajstić information content (AvgIpc) is 3.02. The van der Waals surface area contributed by atoms with Crippen molar-refractivity contribution in [1.29, 1.82) is 0 Å². The van der Waals surface area contributed by atoms with Crippen molar-refractivity contribution in [1.82, 2.24) is 4.57 Å². The van der Waals surface area contributed by atoms with Crippen LogP contribution < -0.4 is 19.8 Å². The summed E-state index contributed by atoms with van der Waals surface area (Å²) in [6.45, 7) is 3.37. The molecule has 0 saturated carbocycles. The van der Waals surface area contributed by atoms with Crippen molar-refractivity contribution in [2.45, 2.75) is 19.9 Å². The van der Waals surface area contributed by atoms with Crippen molar-refractivity contribution < 1.29 is 4.79 Å². The van der Waals surface area contributed by atoms with E-state index in [1.807, 2.05) is 86.6 Å². The SMILES string of the molecule is CC(=O)C1=C(C)N=c2s/c(=C\c3ccc(N(C)C)cc3)c(=O)n2C1c1ccccc1. The predicted octanol–water partition coefficient (Wildman–Crippen LogP) is 2.89. The van der Waals surface area contributed by atoms with Gasteiger partial charge in [-0.3, -0.25) is 14.2 Å². The number of carbonyl (C=O) groups is 1. The summed E-state index contributed by atoms with van der Waals surface area (Å²) in [5.74, 6) is -0.0707. The van der Waals surface area contributed by atoms with Gasteiger partial charge >= 0.3 is 0 Å². The van der Waals surface area contributed by atoms with Gasteiger partial charge in [0.2, 0.25) is 0 Å². The van der Waals surface area contributed by atoms with E-state index >= 15 is 0 Å². The van der Waals surface area contributed by atoms with Crippen LogP contribution in [-0.2, 0) is 4.79 Å². The number of fused-ring (bicyclic) bond motifs is 1. The van der Waals surface area contributed by atoms with E-state index in [9.17, 15) is 9.59 Å². The standard InChI is InChI=1S/C24H23N3O2S/c1-15-21(16(2)28)22(18-8-6-5-7-9-18)27-23(29)20(30-24(27)25-15)14-17-10-12-19(13-11-17)26(3)4/h5-14,22H,1-4H3/b20-14-. The van der Waals surface area contributed by atoms with E-state index in [4.69, 9.17) is 0 Å². The van der Waals surface area contributed by atoms with Crippen molar-refractivity contribution in [2.75, 3.05) is 19.0 Å². The maximum atomic E-state index is 13.4. The highest BCUT2D eigenvalue weighted by molar-refractivity contribution is 7.07. The summed E-state index contributed by atoms with van der Waals surface area (Å²) in [6, 6.07) is 17.2. The number of anilines is 1. The lowest BCUT2D eigenvalue weighted by Crippen LogP contribution is -2.39. The van der Waals surface area contributed by atoms with Gasteiger partial charge in [-0.1, -0.05) is 53.8 Å². The van der Waals surface area contributed by atoms with Crippen molar-refractivity contribution in [3.8, 4) is 0 Å². The van der Waals surface area contributed by atoms with Crippen LogP contribution in [0, 0.1) is 0 Å². The Morgan fingerprint density at radius 1 is 1.10 bits per heavy atom. The highest BCUT2D eigenvalue weighted by Gasteiger charge is 2.30. The minimum absolute atomic E-state index is 0.0707. The lowest BCUT2D eigenvalue weighted by Gasteiger charge is -2.24. The van der Waals surface area contributed by atoms with E-state index in [-0.39, 0.29) is 11.3 Å². The number of carbonyl (C=O) groups excluding carboxylic acids is 1. The van der Waals surface area contributed by atoms with Crippen LogP contribution in [0.5, 0.6) is 0 Å². The van der Waals surface area contributed by atoms with Crippen LogP contribution in [0.15, 0.2) is 75.7 Å². The number of ketones is 1. The van der Waals surface area contributed by atoms with E-state index in [0.29, 0.717) is 20.6 Å². The Labute approximate surface area is 178 Å². The second-order valence-electron chi connectivity index (χ2n) is 7.53. The molecule has 1 aliphatic rings. The first-order valence-corrected chi connectivity index (χ1v) is 10.5. The quantitative estimate of drug-likeness (QED) is 0.656. The molecule has 1 unspecified atom stereocenters. The Morgan fingerprint density at radius 3 is 2.37 bits per heavy atom. The Kier molecular flexibility index (Phi) is 5.26. The third kappa shape index (κ3) is 3.55. The molecule has 0 N–H and O–H groups in total. The van der Waals surface area contributed by atoms with Crippen LogP contribution >= 0.6 is 11.3 Å². The van der Waals surface area contributed by atoms with Gasteiger partial charge in [-0.2, -0.15) is 0 Å². The summed E-state index contributed by atoms with van der Waals surface area (Å²) in [6.07, 6.45) is 1.89. The van der Waals surface area contributed by atoms with E-state index in [1.165, 1.54) is 18.3 Å². The molecule has 152 valence electrons. The van der Waals surface area contributed by atoms with Crippen molar-refractivity contribution in [3.63, 3.8) is 0 Å². The summed E-state index contributed by atoms with van der Waals surface area (Å²) < 4.78 is 2.26. The van der Waals surface area contributed by atoms with Crippen LogP contribution in [0.4, 0.5) is 5.69 Å². The molecule has 4 rings (SSSR count). The van der Waals surface area contributed by atoms with E-state index in [2.05, 4.69) is 4.99 Å². The molecule has 1 aromatic heterocycles. The van der Waals surface area contributed by atoms with Crippen LogP contribution in [0.2, 0.25) is 0 Å². The fraction of sp³-hybridized carbons (Fsp3) is 0.208. The summed E-state index contributed by atoms with van der Waals surface area (Å²) in [5, 5.41) is 0. The molecule has 0 bridgehead atoms. The van der Waals surface area contributed by atoms with E-state index in [0.717, 1.165) is 16.8 Å². The lowest BCUT2D eigenvalue weighted by atomic mass is 9.93. The van der Waals surface area contributed by atoms with Crippen molar-refractivity contribution >= 4 is 28.9 Å². The zero-order chi connectivity index (χ0) is 21.4. The predicted molar refractivity (Wildman–Crippen MR) is 122 cm³/mol. The molecule has 0 saturated heterocycles. The topological polar surface area (TPSA) is 54.7 Å². The zero-order valence-corrected chi connectivity index (χ0v) is 18.2. The second kappa shape index (κ2) is 7.88. The van der Waals surface area contributed by atoms with Crippen LogP contribution in [0.3, 0.4) is 0 Å². The third-order valence-corrected chi connectivity index (χ3v) is 6.21. The van der Waals surface area contributed by atoms with Gasteiger partial charge in [0.1, 0.15) is 0 Å².